The molecule has 1 saturated heterocycles. The molecule has 0 aromatic heterocycles. The van der Waals surface area contributed by atoms with Gasteiger partial charge in [-0.1, -0.05) is 48.0 Å². The highest BCUT2D eigenvalue weighted by Crippen LogP contribution is 2.27. The molecule has 0 radical (unpaired) electrons. The van der Waals surface area contributed by atoms with Gasteiger partial charge in [0.2, 0.25) is 11.8 Å². The van der Waals surface area contributed by atoms with Gasteiger partial charge in [-0.25, -0.2) is 0 Å². The second-order valence-electron chi connectivity index (χ2n) is 7.95. The summed E-state index contributed by atoms with van der Waals surface area (Å²) in [4.78, 5) is 38.7. The molecule has 0 unspecified atom stereocenters. The average molecular weight is 478 g/mol. The van der Waals surface area contributed by atoms with E-state index in [0.717, 1.165) is 5.56 Å². The molecule has 1 heterocycles. The van der Waals surface area contributed by atoms with E-state index in [4.69, 9.17) is 16.3 Å². The van der Waals surface area contributed by atoms with Crippen LogP contribution in [-0.2, 0) is 20.9 Å². The maximum atomic E-state index is 12.5. The van der Waals surface area contributed by atoms with E-state index in [9.17, 15) is 14.4 Å². The molecule has 8 heteroatoms. The van der Waals surface area contributed by atoms with Crippen LogP contribution in [0.3, 0.4) is 0 Å². The summed E-state index contributed by atoms with van der Waals surface area (Å²) in [5.41, 5.74) is 2.28. The van der Waals surface area contributed by atoms with E-state index < -0.39 is 5.92 Å². The lowest BCUT2D eigenvalue weighted by molar-refractivity contribution is -0.126. The molecule has 1 aliphatic heterocycles. The largest absolute Gasteiger partial charge is 0.484 e. The summed E-state index contributed by atoms with van der Waals surface area (Å²) in [5, 5.41) is 6.15. The van der Waals surface area contributed by atoms with E-state index in [1.54, 1.807) is 53.4 Å². The molecule has 1 fully saturated rings. The van der Waals surface area contributed by atoms with Crippen molar-refractivity contribution in [1.82, 2.24) is 5.32 Å². The molecule has 0 spiro atoms. The van der Waals surface area contributed by atoms with E-state index in [1.165, 1.54) is 0 Å². The van der Waals surface area contributed by atoms with Crippen molar-refractivity contribution in [3.05, 3.63) is 89.4 Å². The molecule has 3 amide bonds. The monoisotopic (exact) mass is 477 g/mol. The molecule has 1 atom stereocenters. The van der Waals surface area contributed by atoms with Crippen molar-refractivity contribution in [2.24, 2.45) is 5.92 Å². The molecule has 0 bridgehead atoms. The minimum Gasteiger partial charge on any atom is -0.484 e. The maximum Gasteiger partial charge on any atom is 0.262 e. The van der Waals surface area contributed by atoms with Crippen LogP contribution in [0, 0.1) is 5.92 Å². The lowest BCUT2D eigenvalue weighted by Crippen LogP contribution is -2.32. The number of nitrogens with zero attached hydrogens (tertiary/aromatic N) is 1. The van der Waals surface area contributed by atoms with Crippen LogP contribution < -0.4 is 20.3 Å². The first-order valence-electron chi connectivity index (χ1n) is 10.9. The Bertz CT molecular complexity index is 1170. The number of hydrogen-bond acceptors (Lipinski definition) is 4. The van der Waals surface area contributed by atoms with Crippen LogP contribution in [0.4, 0.5) is 11.4 Å². The number of rotatable bonds is 8. The fourth-order valence-corrected chi connectivity index (χ4v) is 3.89. The zero-order valence-electron chi connectivity index (χ0n) is 18.4. The van der Waals surface area contributed by atoms with Gasteiger partial charge in [-0.15, -0.1) is 0 Å². The van der Waals surface area contributed by atoms with E-state index in [1.807, 2.05) is 30.3 Å². The third-order valence-corrected chi connectivity index (χ3v) is 5.67. The third-order valence-electron chi connectivity index (χ3n) is 5.43. The van der Waals surface area contributed by atoms with Crippen molar-refractivity contribution >= 4 is 40.7 Å². The van der Waals surface area contributed by atoms with Crippen LogP contribution in [-0.4, -0.2) is 30.9 Å². The van der Waals surface area contributed by atoms with Crippen molar-refractivity contribution in [3.8, 4) is 5.75 Å². The zero-order chi connectivity index (χ0) is 23.9. The van der Waals surface area contributed by atoms with Gasteiger partial charge in [0.1, 0.15) is 5.75 Å². The highest BCUT2D eigenvalue weighted by molar-refractivity contribution is 6.30. The Kier molecular flexibility index (Phi) is 7.44. The fourth-order valence-electron chi connectivity index (χ4n) is 3.70. The van der Waals surface area contributed by atoms with Crippen LogP contribution in [0.15, 0.2) is 78.9 Å². The van der Waals surface area contributed by atoms with Gasteiger partial charge in [-0.3, -0.25) is 14.4 Å². The van der Waals surface area contributed by atoms with Crippen molar-refractivity contribution in [3.63, 3.8) is 0 Å². The smallest absolute Gasteiger partial charge is 0.262 e. The number of hydrogen-bond donors (Lipinski definition) is 2. The second-order valence-corrected chi connectivity index (χ2v) is 8.39. The number of benzene rings is 3. The third kappa shape index (κ3) is 6.14. The SMILES string of the molecule is O=C(COc1ccc(N2C[C@@H](C(=O)NCc3ccccc3)CC2=O)cc1)Nc1cccc(Cl)c1. The number of anilines is 2. The molecule has 174 valence electrons. The molecule has 1 aliphatic rings. The Balaban J connectivity index is 1.27. The van der Waals surface area contributed by atoms with Gasteiger partial charge in [0, 0.05) is 35.9 Å². The normalized spacial score (nSPS) is 15.1. The molecular formula is C26H24ClN3O4. The predicted molar refractivity (Wildman–Crippen MR) is 131 cm³/mol. The first-order chi connectivity index (χ1) is 16.5. The van der Waals surface area contributed by atoms with Gasteiger partial charge in [-0.2, -0.15) is 0 Å². The number of ether oxygens (including phenoxy) is 1. The molecular weight excluding hydrogens is 454 g/mol. The average Bonchev–Trinajstić information content (AvgIpc) is 3.24. The summed E-state index contributed by atoms with van der Waals surface area (Å²) in [6, 6.07) is 23.4. The molecule has 7 nitrogen and oxygen atoms in total. The Labute approximate surface area is 202 Å². The Morgan fingerprint density at radius 3 is 2.50 bits per heavy atom. The number of halogens is 1. The van der Waals surface area contributed by atoms with Crippen LogP contribution in [0.5, 0.6) is 5.75 Å². The Morgan fingerprint density at radius 2 is 1.76 bits per heavy atom. The first kappa shape index (κ1) is 23.3. The molecule has 34 heavy (non-hydrogen) atoms. The predicted octanol–water partition coefficient (Wildman–Crippen LogP) is 4.03. The van der Waals surface area contributed by atoms with Gasteiger partial charge in [0.05, 0.1) is 5.92 Å². The van der Waals surface area contributed by atoms with E-state index in [-0.39, 0.29) is 30.7 Å². The van der Waals surface area contributed by atoms with Gasteiger partial charge in [0.15, 0.2) is 6.61 Å². The number of carbonyl (C=O) groups excluding carboxylic acids is 3. The molecule has 3 aromatic rings. The van der Waals surface area contributed by atoms with Crippen molar-refractivity contribution in [1.29, 1.82) is 0 Å². The summed E-state index contributed by atoms with van der Waals surface area (Å²) in [5.74, 6) is -0.457. The zero-order valence-corrected chi connectivity index (χ0v) is 19.1. The standard InChI is InChI=1S/C26H24ClN3O4/c27-20-7-4-8-21(14-20)29-24(31)17-34-23-11-9-22(10-12-23)30-16-19(13-25(30)32)26(33)28-15-18-5-2-1-3-6-18/h1-12,14,19H,13,15-17H2,(H,28,33)(H,29,31)/t19-/m0/s1. The van der Waals surface area contributed by atoms with Crippen LogP contribution in [0.1, 0.15) is 12.0 Å². The number of nitrogens with one attached hydrogen (secondary N) is 2. The van der Waals surface area contributed by atoms with Crippen LogP contribution in [0.25, 0.3) is 0 Å². The van der Waals surface area contributed by atoms with Crippen molar-refractivity contribution < 1.29 is 19.1 Å². The summed E-state index contributed by atoms with van der Waals surface area (Å²) in [6.45, 7) is 0.584. The van der Waals surface area contributed by atoms with Gasteiger partial charge < -0.3 is 20.3 Å². The summed E-state index contributed by atoms with van der Waals surface area (Å²) < 4.78 is 5.54. The highest BCUT2D eigenvalue weighted by atomic mass is 35.5. The molecule has 0 saturated carbocycles. The summed E-state index contributed by atoms with van der Waals surface area (Å²) >= 11 is 5.91. The van der Waals surface area contributed by atoms with Gasteiger partial charge in [-0.05, 0) is 48.0 Å². The van der Waals surface area contributed by atoms with E-state index in [0.29, 0.717) is 35.2 Å². The Morgan fingerprint density at radius 1 is 1.00 bits per heavy atom. The van der Waals surface area contributed by atoms with Gasteiger partial charge >= 0.3 is 0 Å². The van der Waals surface area contributed by atoms with Crippen molar-refractivity contribution in [2.75, 3.05) is 23.4 Å². The Hall–Kier alpha value is -3.84. The lowest BCUT2D eigenvalue weighted by atomic mass is 10.1. The molecule has 2 N–H and O–H groups in total. The first-order valence-corrected chi connectivity index (χ1v) is 11.3. The quantitative estimate of drug-likeness (QED) is 0.513. The minimum absolute atomic E-state index is 0.102. The molecule has 0 aliphatic carbocycles. The highest BCUT2D eigenvalue weighted by Gasteiger charge is 2.35. The van der Waals surface area contributed by atoms with Crippen LogP contribution >= 0.6 is 11.6 Å². The van der Waals surface area contributed by atoms with E-state index in [2.05, 4.69) is 10.6 Å². The molecule has 4 rings (SSSR count). The van der Waals surface area contributed by atoms with Crippen LogP contribution in [0.2, 0.25) is 5.02 Å². The second kappa shape index (κ2) is 10.9. The fraction of sp³-hybridized carbons (Fsp3) is 0.192. The topological polar surface area (TPSA) is 87.7 Å². The number of carbonyl (C=O) groups is 3. The minimum atomic E-state index is -0.401. The van der Waals surface area contributed by atoms with Crippen molar-refractivity contribution in [2.45, 2.75) is 13.0 Å². The summed E-state index contributed by atoms with van der Waals surface area (Å²) in [6.07, 6.45) is 0.169. The van der Waals surface area contributed by atoms with E-state index >= 15 is 0 Å². The number of amides is 3. The maximum absolute atomic E-state index is 12.5. The molecule has 3 aromatic carbocycles. The van der Waals surface area contributed by atoms with Gasteiger partial charge in [0.25, 0.3) is 5.91 Å². The lowest BCUT2D eigenvalue weighted by Gasteiger charge is -2.17. The summed E-state index contributed by atoms with van der Waals surface area (Å²) in [7, 11) is 0.